The molecule has 0 aliphatic rings. The fraction of sp³-hybridized carbons (Fsp3) is 0.192. The zero-order valence-corrected chi connectivity index (χ0v) is 19.6. The van der Waals surface area contributed by atoms with Crippen LogP contribution in [-0.4, -0.2) is 27.1 Å². The Morgan fingerprint density at radius 3 is 2.60 bits per heavy atom. The molecule has 178 valence electrons. The van der Waals surface area contributed by atoms with Gasteiger partial charge in [-0.1, -0.05) is 31.8 Å². The first-order chi connectivity index (χ1) is 16.5. The third-order valence-electron chi connectivity index (χ3n) is 5.09. The highest BCUT2D eigenvalue weighted by molar-refractivity contribution is 6.09. The first-order valence-electron chi connectivity index (χ1n) is 10.7. The number of ketones is 1. The van der Waals surface area contributed by atoms with E-state index in [4.69, 9.17) is 15.4 Å². The van der Waals surface area contributed by atoms with Crippen LogP contribution in [0.5, 0.6) is 0 Å². The van der Waals surface area contributed by atoms with Crippen molar-refractivity contribution in [3.05, 3.63) is 70.6 Å². The molecule has 0 unspecified atom stereocenters. The number of nitrogens with zero attached hydrogens (tertiary/aromatic N) is 1. The molecule has 0 spiro atoms. The number of hydrogen-bond acceptors (Lipinski definition) is 6. The van der Waals surface area contributed by atoms with Gasteiger partial charge < -0.3 is 24.3 Å². The number of aliphatic hydroxyl groups excluding tert-OH is 1. The number of furan rings is 1. The third kappa shape index (κ3) is 5.12. The molecule has 4 rings (SSSR count). The Morgan fingerprint density at radius 1 is 1.17 bits per heavy atom. The summed E-state index contributed by atoms with van der Waals surface area (Å²) in [6, 6.07) is 9.30. The Hall–Kier alpha value is -4.71. The molecular formula is C26H24N4O5. The minimum absolute atomic E-state index is 0.0606. The van der Waals surface area contributed by atoms with Gasteiger partial charge in [-0.05, 0) is 43.3 Å². The van der Waals surface area contributed by atoms with Gasteiger partial charge in [0.05, 0.1) is 17.1 Å². The van der Waals surface area contributed by atoms with Gasteiger partial charge in [-0.25, -0.2) is 4.79 Å². The first kappa shape index (κ1) is 23.4. The van der Waals surface area contributed by atoms with E-state index in [1.807, 2.05) is 20.8 Å². The molecule has 35 heavy (non-hydrogen) atoms. The second kappa shape index (κ2) is 8.91. The van der Waals surface area contributed by atoms with E-state index in [0.717, 1.165) is 0 Å². The first-order valence-corrected chi connectivity index (χ1v) is 10.7. The summed E-state index contributed by atoms with van der Waals surface area (Å²) in [4.78, 5) is 28.2. The number of aromatic amines is 1. The van der Waals surface area contributed by atoms with Gasteiger partial charge in [0.1, 0.15) is 11.3 Å². The van der Waals surface area contributed by atoms with Gasteiger partial charge in [0.15, 0.2) is 11.6 Å². The van der Waals surface area contributed by atoms with E-state index in [0.29, 0.717) is 39.5 Å². The van der Waals surface area contributed by atoms with Crippen LogP contribution in [0.1, 0.15) is 61.0 Å². The number of carbonyl (C=O) groups excluding carboxylic acids is 2. The molecular weight excluding hydrogens is 448 g/mol. The van der Waals surface area contributed by atoms with Crippen LogP contribution < -0.4 is 10.6 Å². The molecule has 4 N–H and O–H groups in total. The lowest BCUT2D eigenvalue weighted by atomic mass is 9.93. The normalized spacial score (nSPS) is 11.9. The number of aliphatic hydroxyl groups is 1. The summed E-state index contributed by atoms with van der Waals surface area (Å²) >= 11 is 0. The van der Waals surface area contributed by atoms with Crippen LogP contribution in [0.25, 0.3) is 17.0 Å². The van der Waals surface area contributed by atoms with Crippen LogP contribution in [0.3, 0.4) is 0 Å². The number of amides is 2. The van der Waals surface area contributed by atoms with E-state index in [9.17, 15) is 14.7 Å². The Balaban J connectivity index is 1.50. The van der Waals surface area contributed by atoms with Gasteiger partial charge in [-0.3, -0.25) is 10.1 Å². The fourth-order valence-corrected chi connectivity index (χ4v) is 3.38. The number of anilines is 2. The quantitative estimate of drug-likeness (QED) is 0.164. The zero-order valence-electron chi connectivity index (χ0n) is 19.6. The van der Waals surface area contributed by atoms with E-state index in [1.54, 1.807) is 36.4 Å². The minimum atomic E-state index is -0.495. The molecule has 0 fully saturated rings. The minimum Gasteiger partial charge on any atom is -0.513 e. The largest absolute Gasteiger partial charge is 0.513 e. The number of terminal acetylenes is 1. The smallest absolute Gasteiger partial charge is 0.324 e. The number of allylic oxidation sites excluding steroid dienone is 1. The predicted molar refractivity (Wildman–Crippen MR) is 132 cm³/mol. The Bertz CT molecular complexity index is 1500. The standard InChI is InChI=1S/C26H24N4O5/c1-6-18-15(9-14(2)31)11-19(28-18)24(32)21-12-16-10-17(7-8-20(16)34-21)27-25(33)29-23-13-22(35-30-23)26(3,4)5/h1,7-13,28,31H,2-5H3,(H2,27,29,30,33)/b14-9+. The maximum atomic E-state index is 12.9. The number of urea groups is 1. The van der Waals surface area contributed by atoms with E-state index >= 15 is 0 Å². The van der Waals surface area contributed by atoms with Crippen molar-refractivity contribution < 1.29 is 23.6 Å². The second-order valence-corrected chi connectivity index (χ2v) is 9.04. The highest BCUT2D eigenvalue weighted by Gasteiger charge is 2.21. The van der Waals surface area contributed by atoms with Gasteiger partial charge in [0, 0.05) is 28.1 Å². The predicted octanol–water partition coefficient (Wildman–Crippen LogP) is 5.82. The van der Waals surface area contributed by atoms with Crippen LogP contribution >= 0.6 is 0 Å². The molecule has 0 atom stereocenters. The van der Waals surface area contributed by atoms with E-state index in [-0.39, 0.29) is 22.6 Å². The molecule has 0 aliphatic heterocycles. The lowest BCUT2D eigenvalue weighted by Crippen LogP contribution is -2.19. The monoisotopic (exact) mass is 472 g/mol. The Morgan fingerprint density at radius 2 is 1.94 bits per heavy atom. The summed E-state index contributed by atoms with van der Waals surface area (Å²) < 4.78 is 11.0. The lowest BCUT2D eigenvalue weighted by molar-refractivity contribution is 0.101. The molecule has 0 saturated carbocycles. The van der Waals surface area contributed by atoms with Crippen molar-refractivity contribution in [1.82, 2.24) is 10.1 Å². The number of fused-ring (bicyclic) bond motifs is 1. The van der Waals surface area contributed by atoms with Crippen LogP contribution in [0.4, 0.5) is 16.3 Å². The average molecular weight is 473 g/mol. The van der Waals surface area contributed by atoms with E-state index in [2.05, 4.69) is 26.7 Å². The van der Waals surface area contributed by atoms with Crippen molar-refractivity contribution in [3.8, 4) is 12.3 Å². The lowest BCUT2D eigenvalue weighted by Gasteiger charge is -2.12. The van der Waals surface area contributed by atoms with Gasteiger partial charge in [-0.15, -0.1) is 6.42 Å². The molecule has 0 aliphatic carbocycles. The number of aromatic nitrogens is 2. The summed E-state index contributed by atoms with van der Waals surface area (Å²) in [5, 5.41) is 19.4. The van der Waals surface area contributed by atoms with E-state index < -0.39 is 11.8 Å². The molecule has 9 heteroatoms. The summed E-state index contributed by atoms with van der Waals surface area (Å²) in [5.74, 6) is 3.16. The average Bonchev–Trinajstić information content (AvgIpc) is 3.50. The van der Waals surface area contributed by atoms with Crippen LogP contribution in [-0.2, 0) is 5.41 Å². The maximum absolute atomic E-state index is 12.9. The van der Waals surface area contributed by atoms with E-state index in [1.165, 1.54) is 13.0 Å². The number of H-pyrrole nitrogens is 1. The van der Waals surface area contributed by atoms with Gasteiger partial charge in [0.25, 0.3) is 0 Å². The van der Waals surface area contributed by atoms with Crippen molar-refractivity contribution in [2.24, 2.45) is 0 Å². The van der Waals surface area contributed by atoms with Crippen molar-refractivity contribution in [2.45, 2.75) is 33.1 Å². The highest BCUT2D eigenvalue weighted by atomic mass is 16.5. The number of rotatable bonds is 5. The van der Waals surface area contributed by atoms with Crippen LogP contribution in [0, 0.1) is 12.3 Å². The highest BCUT2D eigenvalue weighted by Crippen LogP contribution is 2.27. The Kier molecular flexibility index (Phi) is 5.97. The van der Waals surface area contributed by atoms with Crippen molar-refractivity contribution in [3.63, 3.8) is 0 Å². The molecule has 4 aromatic rings. The SMILES string of the molecule is C#Cc1[nH]c(C(=O)c2cc3cc(NC(=O)Nc4cc(C(C)(C)C)on4)ccc3o2)cc1/C=C(\C)O. The maximum Gasteiger partial charge on any atom is 0.324 e. The van der Waals surface area contributed by atoms with Gasteiger partial charge in [-0.2, -0.15) is 0 Å². The zero-order chi connectivity index (χ0) is 25.3. The van der Waals surface area contributed by atoms with Crippen molar-refractivity contribution >= 4 is 40.4 Å². The van der Waals surface area contributed by atoms with Gasteiger partial charge >= 0.3 is 6.03 Å². The Labute approximate surface area is 201 Å². The summed E-state index contributed by atoms with van der Waals surface area (Å²) in [5.41, 5.74) is 1.85. The molecule has 0 radical (unpaired) electrons. The number of carbonyl (C=O) groups is 2. The molecule has 2 amide bonds. The van der Waals surface area contributed by atoms with Crippen molar-refractivity contribution in [1.29, 1.82) is 0 Å². The number of benzene rings is 1. The van der Waals surface area contributed by atoms with Crippen LogP contribution in [0.2, 0.25) is 0 Å². The number of hydrogen-bond donors (Lipinski definition) is 4. The molecule has 0 bridgehead atoms. The summed E-state index contributed by atoms with van der Waals surface area (Å²) in [6.45, 7) is 7.44. The van der Waals surface area contributed by atoms with Crippen LogP contribution in [0.15, 0.2) is 51.1 Å². The topological polar surface area (TPSA) is 133 Å². The third-order valence-corrected chi connectivity index (χ3v) is 5.09. The van der Waals surface area contributed by atoms with Crippen molar-refractivity contribution in [2.75, 3.05) is 10.6 Å². The molecule has 1 aromatic carbocycles. The molecule has 9 nitrogen and oxygen atoms in total. The molecule has 3 aromatic heterocycles. The second-order valence-electron chi connectivity index (χ2n) is 9.04. The van der Waals surface area contributed by atoms with Gasteiger partial charge in [0.2, 0.25) is 5.78 Å². The molecule has 3 heterocycles. The molecule has 0 saturated heterocycles. The summed E-state index contributed by atoms with van der Waals surface area (Å²) in [6.07, 6.45) is 6.95. The fourth-order valence-electron chi connectivity index (χ4n) is 3.38. The summed E-state index contributed by atoms with van der Waals surface area (Å²) in [7, 11) is 0. The number of nitrogens with one attached hydrogen (secondary N) is 3.